The van der Waals surface area contributed by atoms with Crippen LogP contribution in [-0.2, 0) is 0 Å². The number of rotatable bonds is 3. The van der Waals surface area contributed by atoms with Gasteiger partial charge in [0.05, 0.1) is 15.6 Å². The van der Waals surface area contributed by atoms with E-state index in [1.165, 1.54) is 6.20 Å². The van der Waals surface area contributed by atoms with Crippen molar-refractivity contribution in [3.05, 3.63) is 29.0 Å². The van der Waals surface area contributed by atoms with E-state index in [4.69, 9.17) is 29.6 Å². The summed E-state index contributed by atoms with van der Waals surface area (Å²) in [4.78, 5) is 20.9. The number of hydrogen-bond donors (Lipinski definition) is 1. The van der Waals surface area contributed by atoms with Crippen molar-refractivity contribution in [2.75, 3.05) is 26.2 Å². The predicted octanol–water partition coefficient (Wildman–Crippen LogP) is 1.56. The topological polar surface area (TPSA) is 62.5 Å². The lowest BCUT2D eigenvalue weighted by atomic mass is 10.0. The largest absolute Gasteiger partial charge is 0.392 e. The summed E-state index contributed by atoms with van der Waals surface area (Å²) in [5.41, 5.74) is 5.88. The summed E-state index contributed by atoms with van der Waals surface area (Å²) in [6.07, 6.45) is 1.49. The lowest BCUT2D eigenvalue weighted by molar-refractivity contribution is 0.0534. The molecule has 0 aromatic carbocycles. The minimum absolute atomic E-state index is 0.0700. The fourth-order valence-electron chi connectivity index (χ4n) is 2.29. The lowest BCUT2D eigenvalue weighted by Crippen LogP contribution is -2.59. The van der Waals surface area contributed by atoms with Crippen molar-refractivity contribution >= 4 is 34.7 Å². The summed E-state index contributed by atoms with van der Waals surface area (Å²) >= 11 is 10.9. The van der Waals surface area contributed by atoms with Crippen LogP contribution in [0, 0.1) is 0 Å². The third-order valence-corrected chi connectivity index (χ3v) is 4.63. The molecule has 1 fully saturated rings. The second kappa shape index (κ2) is 6.25. The Bertz CT molecular complexity index is 538. The maximum atomic E-state index is 12.4. The Balaban J connectivity index is 1.99. The fraction of sp³-hybridized carbons (Fsp3) is 0.500. The van der Waals surface area contributed by atoms with Crippen LogP contribution >= 0.6 is 23.8 Å². The number of halogens is 1. The first-order chi connectivity index (χ1) is 9.82. The molecule has 0 unspecified atom stereocenters. The van der Waals surface area contributed by atoms with Crippen LogP contribution in [0.3, 0.4) is 0 Å². The molecule has 0 aliphatic carbocycles. The molecule has 1 saturated heterocycles. The molecule has 114 valence electrons. The molecule has 7 heteroatoms. The number of nitrogens with two attached hydrogens (primary N) is 1. The lowest BCUT2D eigenvalue weighted by Gasteiger charge is -2.43. The molecule has 0 spiro atoms. The number of nitrogens with zero attached hydrogens (tertiary/aromatic N) is 3. The highest BCUT2D eigenvalue weighted by molar-refractivity contribution is 7.80. The van der Waals surface area contributed by atoms with E-state index >= 15 is 0 Å². The van der Waals surface area contributed by atoms with Crippen molar-refractivity contribution in [2.24, 2.45) is 5.73 Å². The smallest absolute Gasteiger partial charge is 0.272 e. The summed E-state index contributed by atoms with van der Waals surface area (Å²) in [7, 11) is 0. The van der Waals surface area contributed by atoms with Gasteiger partial charge in [0.25, 0.3) is 5.91 Å². The van der Waals surface area contributed by atoms with E-state index in [1.807, 2.05) is 13.8 Å². The average molecular weight is 327 g/mol. The molecule has 0 saturated carbocycles. The van der Waals surface area contributed by atoms with Gasteiger partial charge in [-0.3, -0.25) is 9.69 Å². The first-order valence-electron chi connectivity index (χ1n) is 6.78. The number of carbonyl (C=O) groups excluding carboxylic acids is 1. The molecule has 1 aromatic heterocycles. The summed E-state index contributed by atoms with van der Waals surface area (Å²) in [6, 6.07) is 3.32. The van der Waals surface area contributed by atoms with Crippen molar-refractivity contribution < 1.29 is 4.79 Å². The number of aromatic nitrogens is 1. The molecule has 0 bridgehead atoms. The maximum Gasteiger partial charge on any atom is 0.272 e. The Hall–Kier alpha value is -1.24. The van der Waals surface area contributed by atoms with Crippen LogP contribution in [0.5, 0.6) is 0 Å². The van der Waals surface area contributed by atoms with Crippen molar-refractivity contribution in [2.45, 2.75) is 19.4 Å². The highest BCUT2D eigenvalue weighted by Crippen LogP contribution is 2.18. The molecule has 0 radical (unpaired) electrons. The molecular formula is C14H19ClN4OS. The molecule has 1 amide bonds. The van der Waals surface area contributed by atoms with Crippen molar-refractivity contribution in [1.82, 2.24) is 14.8 Å². The number of thiocarbonyl (C=S) groups is 1. The summed E-state index contributed by atoms with van der Waals surface area (Å²) in [5, 5.41) is 0.523. The van der Waals surface area contributed by atoms with Gasteiger partial charge in [0.1, 0.15) is 5.69 Å². The normalized spacial score (nSPS) is 16.8. The molecule has 1 aliphatic heterocycles. The Morgan fingerprint density at radius 1 is 1.33 bits per heavy atom. The highest BCUT2D eigenvalue weighted by Gasteiger charge is 2.33. The van der Waals surface area contributed by atoms with Crippen LogP contribution in [0.2, 0.25) is 5.02 Å². The summed E-state index contributed by atoms with van der Waals surface area (Å²) in [6.45, 7) is 6.76. The van der Waals surface area contributed by atoms with Crippen LogP contribution in [0.25, 0.3) is 0 Å². The van der Waals surface area contributed by atoms with E-state index in [9.17, 15) is 4.79 Å². The van der Waals surface area contributed by atoms with Crippen LogP contribution in [0.15, 0.2) is 18.3 Å². The van der Waals surface area contributed by atoms with E-state index in [1.54, 1.807) is 17.0 Å². The highest BCUT2D eigenvalue weighted by atomic mass is 35.5. The van der Waals surface area contributed by atoms with Gasteiger partial charge in [0.15, 0.2) is 0 Å². The number of hydrogen-bond acceptors (Lipinski definition) is 4. The van der Waals surface area contributed by atoms with E-state index in [2.05, 4.69) is 9.88 Å². The number of piperazine rings is 1. The molecule has 1 aromatic rings. The second-order valence-corrected chi connectivity index (χ2v) is 6.44. The zero-order chi connectivity index (χ0) is 15.6. The van der Waals surface area contributed by atoms with Crippen molar-refractivity contribution in [1.29, 1.82) is 0 Å². The Morgan fingerprint density at radius 2 is 1.95 bits per heavy atom. The van der Waals surface area contributed by atoms with Crippen molar-refractivity contribution in [3.8, 4) is 0 Å². The number of amides is 1. The van der Waals surface area contributed by atoms with E-state index in [0.29, 0.717) is 28.8 Å². The van der Waals surface area contributed by atoms with Gasteiger partial charge in [-0.25, -0.2) is 4.98 Å². The van der Waals surface area contributed by atoms with Gasteiger partial charge in [-0.15, -0.1) is 0 Å². The molecule has 2 heterocycles. The zero-order valence-corrected chi connectivity index (χ0v) is 13.7. The van der Waals surface area contributed by atoms with Gasteiger partial charge < -0.3 is 10.6 Å². The average Bonchev–Trinajstić information content (AvgIpc) is 2.47. The SMILES string of the molecule is CC(C)(C(N)=S)N1CCN(C(=O)c2ccc(Cl)cn2)CC1. The fourth-order valence-corrected chi connectivity index (χ4v) is 2.53. The molecule has 5 nitrogen and oxygen atoms in total. The quantitative estimate of drug-likeness (QED) is 0.854. The van der Waals surface area contributed by atoms with Crippen LogP contribution < -0.4 is 5.73 Å². The van der Waals surface area contributed by atoms with Crippen molar-refractivity contribution in [3.63, 3.8) is 0 Å². The van der Waals surface area contributed by atoms with Crippen LogP contribution in [0.1, 0.15) is 24.3 Å². The maximum absolute atomic E-state index is 12.4. The van der Waals surface area contributed by atoms with Gasteiger partial charge in [-0.05, 0) is 26.0 Å². The Labute approximate surface area is 135 Å². The Morgan fingerprint density at radius 3 is 2.43 bits per heavy atom. The monoisotopic (exact) mass is 326 g/mol. The third kappa shape index (κ3) is 3.51. The number of carbonyl (C=O) groups is 1. The van der Waals surface area contributed by atoms with Gasteiger partial charge in [-0.1, -0.05) is 23.8 Å². The predicted molar refractivity (Wildman–Crippen MR) is 87.6 cm³/mol. The van der Waals surface area contributed by atoms with E-state index in [0.717, 1.165) is 13.1 Å². The second-order valence-electron chi connectivity index (χ2n) is 5.56. The minimum Gasteiger partial charge on any atom is -0.392 e. The molecule has 2 N–H and O–H groups in total. The number of pyridine rings is 1. The van der Waals surface area contributed by atoms with Gasteiger partial charge >= 0.3 is 0 Å². The third-order valence-electron chi connectivity index (χ3n) is 3.91. The van der Waals surface area contributed by atoms with Gasteiger partial charge in [0.2, 0.25) is 0 Å². The zero-order valence-electron chi connectivity index (χ0n) is 12.2. The van der Waals surface area contributed by atoms with Gasteiger partial charge in [0, 0.05) is 32.4 Å². The standard InChI is InChI=1S/C14H19ClN4OS/c1-14(2,13(16)21)19-7-5-18(6-8-19)12(20)11-4-3-10(15)9-17-11/h3-4,9H,5-8H2,1-2H3,(H2,16,21). The molecule has 21 heavy (non-hydrogen) atoms. The first kappa shape index (κ1) is 16.1. The first-order valence-corrected chi connectivity index (χ1v) is 7.57. The molecule has 1 aliphatic rings. The van der Waals surface area contributed by atoms with Gasteiger partial charge in [-0.2, -0.15) is 0 Å². The molecule has 2 rings (SSSR count). The summed E-state index contributed by atoms with van der Waals surface area (Å²) in [5.74, 6) is -0.0700. The minimum atomic E-state index is -0.330. The molecule has 0 atom stereocenters. The summed E-state index contributed by atoms with van der Waals surface area (Å²) < 4.78 is 0. The van der Waals surface area contributed by atoms with Crippen LogP contribution in [-0.4, -0.2) is 57.4 Å². The van der Waals surface area contributed by atoms with Crippen LogP contribution in [0.4, 0.5) is 0 Å². The van der Waals surface area contributed by atoms with E-state index < -0.39 is 0 Å². The Kier molecular flexibility index (Phi) is 4.81. The molecular weight excluding hydrogens is 308 g/mol. The van der Waals surface area contributed by atoms with E-state index in [-0.39, 0.29) is 11.4 Å².